The molecular weight excluding hydrogens is 206 g/mol. The third-order valence-electron chi connectivity index (χ3n) is 4.49. The van der Waals surface area contributed by atoms with Gasteiger partial charge in [-0.3, -0.25) is 0 Å². The zero-order valence-electron chi connectivity index (χ0n) is 10.6. The van der Waals surface area contributed by atoms with Crippen LogP contribution in [0.1, 0.15) is 51.4 Å². The molecule has 0 aliphatic heterocycles. The van der Waals surface area contributed by atoms with E-state index in [0.717, 1.165) is 12.1 Å². The molecule has 0 radical (unpaired) electrons. The van der Waals surface area contributed by atoms with Crippen molar-refractivity contribution in [2.75, 3.05) is 4.90 Å². The summed E-state index contributed by atoms with van der Waals surface area (Å²) in [5.41, 5.74) is 1.46. The quantitative estimate of drug-likeness (QED) is 0.743. The molecule has 1 heteroatoms. The van der Waals surface area contributed by atoms with Crippen molar-refractivity contribution in [1.29, 1.82) is 0 Å². The molecule has 0 bridgehead atoms. The predicted molar refractivity (Wildman–Crippen MR) is 73.4 cm³/mol. The highest BCUT2D eigenvalue weighted by molar-refractivity contribution is 5.48. The largest absolute Gasteiger partial charge is 0.366 e. The van der Waals surface area contributed by atoms with Crippen LogP contribution in [0.25, 0.3) is 0 Å². The van der Waals surface area contributed by atoms with Gasteiger partial charge < -0.3 is 4.90 Å². The monoisotopic (exact) mass is 229 g/mol. The molecule has 1 aromatic carbocycles. The number of rotatable bonds is 3. The minimum absolute atomic E-state index is 0.820. The molecule has 0 amide bonds. The van der Waals surface area contributed by atoms with Crippen molar-refractivity contribution in [3.63, 3.8) is 0 Å². The predicted octanol–water partition coefficient (Wildman–Crippen LogP) is 4.38. The molecule has 17 heavy (non-hydrogen) atoms. The molecule has 3 rings (SSSR count). The van der Waals surface area contributed by atoms with E-state index in [1.54, 1.807) is 0 Å². The summed E-state index contributed by atoms with van der Waals surface area (Å²) in [7, 11) is 0. The lowest BCUT2D eigenvalue weighted by Gasteiger charge is -2.36. The zero-order chi connectivity index (χ0) is 11.5. The number of benzene rings is 1. The fourth-order valence-electron chi connectivity index (χ4n) is 3.68. The highest BCUT2D eigenvalue weighted by Gasteiger charge is 2.30. The summed E-state index contributed by atoms with van der Waals surface area (Å²) in [5, 5.41) is 0. The third-order valence-corrected chi connectivity index (χ3v) is 4.49. The number of nitrogens with zero attached hydrogens (tertiary/aromatic N) is 1. The maximum atomic E-state index is 2.76. The average Bonchev–Trinajstić information content (AvgIpc) is 3.04. The molecule has 0 spiro atoms. The van der Waals surface area contributed by atoms with Gasteiger partial charge in [-0.2, -0.15) is 0 Å². The Balaban J connectivity index is 1.84. The Bertz CT molecular complexity index is 318. The molecule has 0 heterocycles. The molecule has 0 unspecified atom stereocenters. The number of anilines is 1. The van der Waals surface area contributed by atoms with Crippen molar-refractivity contribution in [2.45, 2.75) is 63.5 Å². The molecule has 92 valence electrons. The summed E-state index contributed by atoms with van der Waals surface area (Å²) in [6.07, 6.45) is 11.4. The molecule has 0 saturated heterocycles. The van der Waals surface area contributed by atoms with E-state index in [0.29, 0.717) is 0 Å². The van der Waals surface area contributed by atoms with E-state index in [4.69, 9.17) is 0 Å². The smallest absolute Gasteiger partial charge is 0.0371 e. The zero-order valence-corrected chi connectivity index (χ0v) is 10.6. The average molecular weight is 229 g/mol. The topological polar surface area (TPSA) is 3.24 Å². The standard InChI is InChI=1S/C16H23N/c1-2-8-14(9-3-1)17(15-10-4-5-11-15)16-12-6-7-13-16/h1-3,8-9,15-16H,4-7,10-13H2. The van der Waals surface area contributed by atoms with Crippen LogP contribution in [0, 0.1) is 0 Å². The summed E-state index contributed by atoms with van der Waals surface area (Å²) in [4.78, 5) is 2.76. The Morgan fingerprint density at radius 1 is 0.706 bits per heavy atom. The van der Waals surface area contributed by atoms with Crippen LogP contribution in [0.4, 0.5) is 5.69 Å². The SMILES string of the molecule is c1ccc(N(C2CCCC2)C2CCCC2)cc1. The maximum Gasteiger partial charge on any atom is 0.0371 e. The summed E-state index contributed by atoms with van der Waals surface area (Å²) < 4.78 is 0. The first-order valence-electron chi connectivity index (χ1n) is 7.28. The fraction of sp³-hybridized carbons (Fsp3) is 0.625. The van der Waals surface area contributed by atoms with Gasteiger partial charge in [0.1, 0.15) is 0 Å². The molecule has 2 saturated carbocycles. The van der Waals surface area contributed by atoms with Crippen LogP contribution in [0.15, 0.2) is 30.3 Å². The molecule has 0 aromatic heterocycles. The van der Waals surface area contributed by atoms with Gasteiger partial charge in [0, 0.05) is 17.8 Å². The van der Waals surface area contributed by atoms with Gasteiger partial charge in [-0.05, 0) is 37.8 Å². The second-order valence-corrected chi connectivity index (χ2v) is 5.62. The Morgan fingerprint density at radius 2 is 1.18 bits per heavy atom. The summed E-state index contributed by atoms with van der Waals surface area (Å²) in [6, 6.07) is 12.7. The van der Waals surface area contributed by atoms with Crippen molar-refractivity contribution < 1.29 is 0 Å². The van der Waals surface area contributed by atoms with E-state index >= 15 is 0 Å². The molecule has 1 nitrogen and oxygen atoms in total. The van der Waals surface area contributed by atoms with Crippen LogP contribution in [0.5, 0.6) is 0 Å². The number of para-hydroxylation sites is 1. The fourth-order valence-corrected chi connectivity index (χ4v) is 3.68. The van der Waals surface area contributed by atoms with E-state index in [1.807, 2.05) is 0 Å². The Labute approximate surface area is 105 Å². The molecule has 1 aromatic rings. The summed E-state index contributed by atoms with van der Waals surface area (Å²) in [6.45, 7) is 0. The van der Waals surface area contributed by atoms with Crippen LogP contribution < -0.4 is 4.90 Å². The lowest BCUT2D eigenvalue weighted by molar-refractivity contribution is 0.513. The lowest BCUT2D eigenvalue weighted by Crippen LogP contribution is -2.40. The lowest BCUT2D eigenvalue weighted by atomic mass is 10.1. The first-order valence-corrected chi connectivity index (χ1v) is 7.28. The van der Waals surface area contributed by atoms with Gasteiger partial charge in [0.2, 0.25) is 0 Å². The van der Waals surface area contributed by atoms with Crippen molar-refractivity contribution in [1.82, 2.24) is 0 Å². The Hall–Kier alpha value is -0.980. The van der Waals surface area contributed by atoms with Crippen LogP contribution >= 0.6 is 0 Å². The van der Waals surface area contributed by atoms with E-state index in [2.05, 4.69) is 35.2 Å². The number of hydrogen-bond acceptors (Lipinski definition) is 1. The Morgan fingerprint density at radius 3 is 1.65 bits per heavy atom. The van der Waals surface area contributed by atoms with E-state index in [-0.39, 0.29) is 0 Å². The van der Waals surface area contributed by atoms with Crippen LogP contribution in [0.2, 0.25) is 0 Å². The molecule has 2 aliphatic rings. The second-order valence-electron chi connectivity index (χ2n) is 5.62. The van der Waals surface area contributed by atoms with Crippen molar-refractivity contribution in [3.8, 4) is 0 Å². The molecule has 0 N–H and O–H groups in total. The molecule has 2 aliphatic carbocycles. The minimum atomic E-state index is 0.820. The van der Waals surface area contributed by atoms with E-state index < -0.39 is 0 Å². The molecular formula is C16H23N. The minimum Gasteiger partial charge on any atom is -0.366 e. The van der Waals surface area contributed by atoms with Crippen molar-refractivity contribution in [2.24, 2.45) is 0 Å². The van der Waals surface area contributed by atoms with Gasteiger partial charge in [0.25, 0.3) is 0 Å². The van der Waals surface area contributed by atoms with Gasteiger partial charge in [0.15, 0.2) is 0 Å². The maximum absolute atomic E-state index is 2.76. The van der Waals surface area contributed by atoms with E-state index in [9.17, 15) is 0 Å². The highest BCUT2D eigenvalue weighted by atomic mass is 15.2. The summed E-state index contributed by atoms with van der Waals surface area (Å²) in [5.74, 6) is 0. The van der Waals surface area contributed by atoms with Gasteiger partial charge >= 0.3 is 0 Å². The second kappa shape index (κ2) is 5.12. The van der Waals surface area contributed by atoms with E-state index in [1.165, 1.54) is 57.1 Å². The van der Waals surface area contributed by atoms with Gasteiger partial charge in [-0.25, -0.2) is 0 Å². The van der Waals surface area contributed by atoms with Crippen LogP contribution in [-0.2, 0) is 0 Å². The normalized spacial score (nSPS) is 22.1. The Kier molecular flexibility index (Phi) is 3.35. The van der Waals surface area contributed by atoms with Crippen LogP contribution in [-0.4, -0.2) is 12.1 Å². The molecule has 2 fully saturated rings. The first kappa shape index (κ1) is 11.1. The third kappa shape index (κ3) is 2.34. The van der Waals surface area contributed by atoms with Crippen molar-refractivity contribution >= 4 is 5.69 Å². The number of hydrogen-bond donors (Lipinski definition) is 0. The van der Waals surface area contributed by atoms with Gasteiger partial charge in [0.05, 0.1) is 0 Å². The summed E-state index contributed by atoms with van der Waals surface area (Å²) >= 11 is 0. The van der Waals surface area contributed by atoms with Crippen molar-refractivity contribution in [3.05, 3.63) is 30.3 Å². The van der Waals surface area contributed by atoms with Gasteiger partial charge in [-0.1, -0.05) is 43.9 Å². The molecule has 0 atom stereocenters. The van der Waals surface area contributed by atoms with Crippen LogP contribution in [0.3, 0.4) is 0 Å². The highest BCUT2D eigenvalue weighted by Crippen LogP contribution is 2.35. The first-order chi connectivity index (χ1) is 8.45. The van der Waals surface area contributed by atoms with Gasteiger partial charge in [-0.15, -0.1) is 0 Å².